The van der Waals surface area contributed by atoms with Gasteiger partial charge in [0.2, 0.25) is 5.16 Å². The third-order valence-corrected chi connectivity index (χ3v) is 3.62. The molecular formula is C14H16ClN3O3S. The highest BCUT2D eigenvalue weighted by Crippen LogP contribution is 2.31. The van der Waals surface area contributed by atoms with Gasteiger partial charge in [-0.3, -0.25) is 9.89 Å². The highest BCUT2D eigenvalue weighted by atomic mass is 35.5. The lowest BCUT2D eigenvalue weighted by molar-refractivity contribution is -0.144. The molecule has 118 valence electrons. The Kier molecular flexibility index (Phi) is 5.68. The van der Waals surface area contributed by atoms with Crippen LogP contribution in [0.3, 0.4) is 0 Å². The number of ether oxygens (including phenoxy) is 2. The fourth-order valence-electron chi connectivity index (χ4n) is 1.72. The molecule has 6 nitrogen and oxygen atoms in total. The summed E-state index contributed by atoms with van der Waals surface area (Å²) in [7, 11) is 1.57. The Balaban J connectivity index is 2.08. The summed E-state index contributed by atoms with van der Waals surface area (Å²) < 4.78 is 10.3. The number of esters is 1. The van der Waals surface area contributed by atoms with E-state index < -0.39 is 0 Å². The number of methoxy groups -OCH3 is 1. The van der Waals surface area contributed by atoms with Crippen LogP contribution in [0.25, 0.3) is 11.4 Å². The molecule has 22 heavy (non-hydrogen) atoms. The standard InChI is InChI=1S/C14H16ClN3O3S/c1-8(2)21-12(19)7-22-14-16-13(17-18-14)10-6-9(15)4-5-11(10)20-3/h4-6,8H,7H2,1-3H3,(H,16,17,18). The molecule has 1 heterocycles. The van der Waals surface area contributed by atoms with E-state index in [1.165, 1.54) is 11.8 Å². The van der Waals surface area contributed by atoms with Crippen molar-refractivity contribution in [2.75, 3.05) is 12.9 Å². The molecule has 2 rings (SSSR count). The summed E-state index contributed by atoms with van der Waals surface area (Å²) >= 11 is 7.20. The Morgan fingerprint density at radius 1 is 1.45 bits per heavy atom. The fraction of sp³-hybridized carbons (Fsp3) is 0.357. The number of aromatic amines is 1. The lowest BCUT2D eigenvalue weighted by Crippen LogP contribution is -2.13. The third kappa shape index (κ3) is 4.38. The van der Waals surface area contributed by atoms with Crippen LogP contribution in [0.2, 0.25) is 5.02 Å². The molecule has 0 spiro atoms. The number of hydrogen-bond donors (Lipinski definition) is 1. The second-order valence-corrected chi connectivity index (χ2v) is 6.02. The summed E-state index contributed by atoms with van der Waals surface area (Å²) in [6.07, 6.45) is -0.133. The van der Waals surface area contributed by atoms with Crippen molar-refractivity contribution >= 4 is 29.3 Å². The van der Waals surface area contributed by atoms with E-state index in [1.807, 2.05) is 0 Å². The number of rotatable bonds is 6. The van der Waals surface area contributed by atoms with Crippen molar-refractivity contribution in [3.05, 3.63) is 23.2 Å². The van der Waals surface area contributed by atoms with Gasteiger partial charge in [-0.05, 0) is 32.0 Å². The van der Waals surface area contributed by atoms with Crippen LogP contribution < -0.4 is 4.74 Å². The third-order valence-electron chi connectivity index (χ3n) is 2.57. The molecule has 0 aliphatic rings. The Hall–Kier alpha value is -1.73. The molecule has 0 fully saturated rings. The molecule has 0 saturated heterocycles. The Labute approximate surface area is 137 Å². The molecule has 0 amide bonds. The zero-order valence-electron chi connectivity index (χ0n) is 12.4. The maximum atomic E-state index is 11.5. The molecule has 0 aliphatic heterocycles. The van der Waals surface area contributed by atoms with E-state index in [-0.39, 0.29) is 17.8 Å². The summed E-state index contributed by atoms with van der Waals surface area (Å²) in [5, 5.41) is 7.91. The van der Waals surface area contributed by atoms with E-state index in [9.17, 15) is 4.79 Å². The number of carbonyl (C=O) groups is 1. The molecule has 0 atom stereocenters. The lowest BCUT2D eigenvalue weighted by Gasteiger charge is -2.06. The van der Waals surface area contributed by atoms with Gasteiger partial charge in [0, 0.05) is 5.02 Å². The largest absolute Gasteiger partial charge is 0.496 e. The number of hydrogen-bond acceptors (Lipinski definition) is 6. The number of H-pyrrole nitrogens is 1. The Morgan fingerprint density at radius 2 is 2.23 bits per heavy atom. The number of carbonyl (C=O) groups excluding carboxylic acids is 1. The topological polar surface area (TPSA) is 77.1 Å². The van der Waals surface area contributed by atoms with Gasteiger partial charge < -0.3 is 9.47 Å². The molecule has 0 saturated carbocycles. The van der Waals surface area contributed by atoms with Gasteiger partial charge in [0.1, 0.15) is 5.75 Å². The van der Waals surface area contributed by atoms with Gasteiger partial charge in [-0.15, -0.1) is 5.10 Å². The number of thioether (sulfide) groups is 1. The molecule has 8 heteroatoms. The van der Waals surface area contributed by atoms with Crippen LogP contribution in [-0.2, 0) is 9.53 Å². The number of benzene rings is 1. The molecule has 0 radical (unpaired) electrons. The van der Waals surface area contributed by atoms with E-state index in [2.05, 4.69) is 15.2 Å². The van der Waals surface area contributed by atoms with Crippen LogP contribution in [0.4, 0.5) is 0 Å². The van der Waals surface area contributed by atoms with Gasteiger partial charge in [-0.2, -0.15) is 0 Å². The predicted octanol–water partition coefficient (Wildman–Crippen LogP) is 3.18. The number of aromatic nitrogens is 3. The molecule has 1 N–H and O–H groups in total. The zero-order chi connectivity index (χ0) is 16.1. The van der Waals surface area contributed by atoms with Gasteiger partial charge in [-0.25, -0.2) is 4.98 Å². The fourth-order valence-corrected chi connectivity index (χ4v) is 2.47. The lowest BCUT2D eigenvalue weighted by atomic mass is 10.2. The zero-order valence-corrected chi connectivity index (χ0v) is 14.0. The monoisotopic (exact) mass is 341 g/mol. The Bertz CT molecular complexity index is 661. The van der Waals surface area contributed by atoms with Crippen LogP contribution in [0, 0.1) is 0 Å². The minimum absolute atomic E-state index is 0.133. The number of halogens is 1. The van der Waals surface area contributed by atoms with Crippen LogP contribution >= 0.6 is 23.4 Å². The van der Waals surface area contributed by atoms with Gasteiger partial charge in [-0.1, -0.05) is 23.4 Å². The molecule has 0 bridgehead atoms. The second-order valence-electron chi connectivity index (χ2n) is 4.64. The first kappa shape index (κ1) is 16.6. The van der Waals surface area contributed by atoms with Gasteiger partial charge in [0.15, 0.2) is 5.82 Å². The van der Waals surface area contributed by atoms with Crippen molar-refractivity contribution in [1.82, 2.24) is 15.2 Å². The highest BCUT2D eigenvalue weighted by molar-refractivity contribution is 7.99. The van der Waals surface area contributed by atoms with Crippen molar-refractivity contribution in [2.24, 2.45) is 0 Å². The number of nitrogens with one attached hydrogen (secondary N) is 1. The Morgan fingerprint density at radius 3 is 2.91 bits per heavy atom. The molecule has 1 aromatic heterocycles. The first-order valence-corrected chi connectivity index (χ1v) is 7.94. The second kappa shape index (κ2) is 7.51. The normalized spacial score (nSPS) is 10.8. The van der Waals surface area contributed by atoms with Crippen molar-refractivity contribution in [1.29, 1.82) is 0 Å². The van der Waals surface area contributed by atoms with Gasteiger partial charge in [0.25, 0.3) is 0 Å². The molecule has 0 aliphatic carbocycles. The summed E-state index contributed by atoms with van der Waals surface area (Å²) in [5.41, 5.74) is 0.708. The average Bonchev–Trinajstić information content (AvgIpc) is 2.93. The number of nitrogens with zero attached hydrogens (tertiary/aromatic N) is 2. The van der Waals surface area contributed by atoms with Gasteiger partial charge in [0.05, 0.1) is 24.5 Å². The van der Waals surface area contributed by atoms with E-state index in [1.54, 1.807) is 39.2 Å². The molecule has 1 aromatic carbocycles. The van der Waals surface area contributed by atoms with Gasteiger partial charge >= 0.3 is 5.97 Å². The van der Waals surface area contributed by atoms with E-state index in [4.69, 9.17) is 21.1 Å². The first-order valence-electron chi connectivity index (χ1n) is 6.58. The minimum Gasteiger partial charge on any atom is -0.496 e. The summed E-state index contributed by atoms with van der Waals surface area (Å²) in [4.78, 5) is 15.8. The van der Waals surface area contributed by atoms with Crippen molar-refractivity contribution in [3.8, 4) is 17.1 Å². The quantitative estimate of drug-likeness (QED) is 0.642. The minimum atomic E-state index is -0.299. The SMILES string of the molecule is COc1ccc(Cl)cc1-c1nc(SCC(=O)OC(C)C)n[nH]1. The van der Waals surface area contributed by atoms with Crippen LogP contribution in [-0.4, -0.2) is 40.1 Å². The van der Waals surface area contributed by atoms with Crippen molar-refractivity contribution in [3.63, 3.8) is 0 Å². The van der Waals surface area contributed by atoms with E-state index in [0.29, 0.717) is 27.3 Å². The maximum absolute atomic E-state index is 11.5. The average molecular weight is 342 g/mol. The maximum Gasteiger partial charge on any atom is 0.316 e. The molecule has 0 unspecified atom stereocenters. The van der Waals surface area contributed by atoms with Crippen LogP contribution in [0.1, 0.15) is 13.8 Å². The highest BCUT2D eigenvalue weighted by Gasteiger charge is 2.14. The first-order chi connectivity index (χ1) is 10.5. The van der Waals surface area contributed by atoms with Crippen molar-refractivity contribution < 1.29 is 14.3 Å². The predicted molar refractivity (Wildman–Crippen MR) is 85.3 cm³/mol. The van der Waals surface area contributed by atoms with E-state index >= 15 is 0 Å². The van der Waals surface area contributed by atoms with Crippen molar-refractivity contribution in [2.45, 2.75) is 25.1 Å². The molecular weight excluding hydrogens is 326 g/mol. The van der Waals surface area contributed by atoms with Crippen LogP contribution in [0.15, 0.2) is 23.4 Å². The van der Waals surface area contributed by atoms with Crippen LogP contribution in [0.5, 0.6) is 5.75 Å². The molecule has 2 aromatic rings. The summed E-state index contributed by atoms with van der Waals surface area (Å²) in [6, 6.07) is 5.23. The van der Waals surface area contributed by atoms with E-state index in [0.717, 1.165) is 0 Å². The smallest absolute Gasteiger partial charge is 0.316 e. The summed E-state index contributed by atoms with van der Waals surface area (Å²) in [5.74, 6) is 1.02. The summed E-state index contributed by atoms with van der Waals surface area (Å²) in [6.45, 7) is 3.61.